The minimum atomic E-state index is -0.949. The van der Waals surface area contributed by atoms with Crippen molar-refractivity contribution in [3.05, 3.63) is 125 Å². The van der Waals surface area contributed by atoms with Gasteiger partial charge in [0.2, 0.25) is 0 Å². The highest BCUT2D eigenvalue weighted by Crippen LogP contribution is 2.50. The molecule has 2 heterocycles. The van der Waals surface area contributed by atoms with Crippen LogP contribution in [0.3, 0.4) is 0 Å². The molecule has 0 aromatic heterocycles. The fourth-order valence-corrected chi connectivity index (χ4v) is 4.34. The van der Waals surface area contributed by atoms with Crippen LogP contribution in [-0.4, -0.2) is 4.90 Å². The number of anilines is 1. The number of allylic oxidation sites excluding steroid dienone is 2. The van der Waals surface area contributed by atoms with E-state index >= 15 is 0 Å². The number of para-hydroxylation sites is 1. The van der Waals surface area contributed by atoms with Crippen LogP contribution in [0.15, 0.2) is 108 Å². The first-order valence-corrected chi connectivity index (χ1v) is 9.76. The molecule has 3 aromatic rings. The molecule has 0 aliphatic carbocycles. The summed E-state index contributed by atoms with van der Waals surface area (Å²) in [5.41, 5.74) is 6.86. The van der Waals surface area contributed by atoms with Crippen LogP contribution in [0.4, 0.5) is 5.69 Å². The molecule has 3 aromatic carbocycles. The van der Waals surface area contributed by atoms with Gasteiger partial charge in [0.1, 0.15) is 6.17 Å². The lowest BCUT2D eigenvalue weighted by molar-refractivity contribution is 0.259. The van der Waals surface area contributed by atoms with Crippen molar-refractivity contribution in [3.8, 4) is 0 Å². The summed E-state index contributed by atoms with van der Waals surface area (Å²) in [4.78, 5) is 4.63. The SMILES string of the molecule is [2H]C1(c2ccccc2)C=CC2=C(C)N(c3ccccc3C)C(c3ccccc3)N21. The zero-order chi connectivity index (χ0) is 20.0. The molecule has 2 nitrogen and oxygen atoms in total. The number of hydrogen-bond acceptors (Lipinski definition) is 2. The standard InChI is InChI=1S/C26H24N2/c1-19-11-9-10-16-23(19)27-20(2)24-17-18-25(21-12-5-3-6-13-21)28(24)26(27)22-14-7-4-8-15-22/h3-18,25-26H,1-2H3/i25D. The van der Waals surface area contributed by atoms with E-state index in [9.17, 15) is 1.37 Å². The Morgan fingerprint density at radius 2 is 1.36 bits per heavy atom. The summed E-state index contributed by atoms with van der Waals surface area (Å²) in [7, 11) is 0. The Bertz CT molecular complexity index is 1100. The van der Waals surface area contributed by atoms with Crippen molar-refractivity contribution in [2.24, 2.45) is 0 Å². The number of aryl methyl sites for hydroxylation is 1. The molecule has 2 aliphatic rings. The molecular formula is C26H24N2. The maximum Gasteiger partial charge on any atom is 0.133 e. The van der Waals surface area contributed by atoms with Gasteiger partial charge in [-0.1, -0.05) is 84.9 Å². The molecule has 2 aliphatic heterocycles. The summed E-state index contributed by atoms with van der Waals surface area (Å²) < 4.78 is 9.50. The van der Waals surface area contributed by atoms with Crippen LogP contribution < -0.4 is 4.90 Å². The van der Waals surface area contributed by atoms with Crippen molar-refractivity contribution >= 4 is 5.69 Å². The summed E-state index contributed by atoms with van der Waals surface area (Å²) in [5.74, 6) is 0. The van der Waals surface area contributed by atoms with E-state index in [1.807, 2.05) is 42.5 Å². The van der Waals surface area contributed by atoms with E-state index in [1.54, 1.807) is 0 Å². The van der Waals surface area contributed by atoms with Crippen LogP contribution in [0.2, 0.25) is 0 Å². The van der Waals surface area contributed by atoms with Crippen molar-refractivity contribution in [3.63, 3.8) is 0 Å². The van der Waals surface area contributed by atoms with Gasteiger partial charge in [0, 0.05) is 11.4 Å². The summed E-state index contributed by atoms with van der Waals surface area (Å²) in [6.45, 7) is 4.32. The molecule has 5 rings (SSSR count). The summed E-state index contributed by atoms with van der Waals surface area (Å²) >= 11 is 0. The Morgan fingerprint density at radius 1 is 0.750 bits per heavy atom. The summed E-state index contributed by atoms with van der Waals surface area (Å²) in [6, 6.07) is 28.2. The second kappa shape index (κ2) is 6.72. The molecular weight excluding hydrogens is 340 g/mol. The van der Waals surface area contributed by atoms with Gasteiger partial charge in [-0.2, -0.15) is 0 Å². The van der Waals surface area contributed by atoms with E-state index in [2.05, 4.69) is 78.3 Å². The van der Waals surface area contributed by atoms with Gasteiger partial charge in [0.25, 0.3) is 0 Å². The van der Waals surface area contributed by atoms with E-state index in [-0.39, 0.29) is 6.17 Å². The number of benzene rings is 3. The van der Waals surface area contributed by atoms with Crippen molar-refractivity contribution in [1.82, 2.24) is 4.90 Å². The van der Waals surface area contributed by atoms with Crippen molar-refractivity contribution < 1.29 is 1.37 Å². The second-order valence-electron chi connectivity index (χ2n) is 7.37. The van der Waals surface area contributed by atoms with Crippen LogP contribution in [-0.2, 0) is 0 Å². The van der Waals surface area contributed by atoms with E-state index in [1.165, 1.54) is 22.5 Å². The topological polar surface area (TPSA) is 6.48 Å². The van der Waals surface area contributed by atoms with Gasteiger partial charge < -0.3 is 9.80 Å². The zero-order valence-electron chi connectivity index (χ0n) is 17.2. The molecule has 0 N–H and O–H groups in total. The molecule has 0 saturated heterocycles. The summed E-state index contributed by atoms with van der Waals surface area (Å²) in [6.07, 6.45) is 4.05. The molecule has 0 fully saturated rings. The number of hydrogen-bond donors (Lipinski definition) is 0. The largest absolute Gasteiger partial charge is 0.335 e. The third-order valence-electron chi connectivity index (χ3n) is 5.68. The number of rotatable bonds is 3. The Balaban J connectivity index is 1.72. The molecule has 0 amide bonds. The van der Waals surface area contributed by atoms with Crippen LogP contribution >= 0.6 is 0 Å². The molecule has 2 atom stereocenters. The van der Waals surface area contributed by atoms with Crippen LogP contribution in [0, 0.1) is 6.92 Å². The van der Waals surface area contributed by atoms with Crippen LogP contribution in [0.25, 0.3) is 0 Å². The quantitative estimate of drug-likeness (QED) is 0.533. The first-order valence-electron chi connectivity index (χ1n) is 10.3. The van der Waals surface area contributed by atoms with Gasteiger partial charge in [-0.05, 0) is 42.7 Å². The molecule has 0 saturated carbocycles. The second-order valence-corrected chi connectivity index (χ2v) is 7.37. The maximum atomic E-state index is 9.50. The number of fused-ring (bicyclic) bond motifs is 1. The zero-order valence-corrected chi connectivity index (χ0v) is 16.2. The van der Waals surface area contributed by atoms with E-state index in [4.69, 9.17) is 0 Å². The lowest BCUT2D eigenvalue weighted by Gasteiger charge is -2.37. The molecule has 0 radical (unpaired) electrons. The highest BCUT2D eigenvalue weighted by atomic mass is 15.4. The van der Waals surface area contributed by atoms with Gasteiger partial charge in [-0.25, -0.2) is 0 Å². The lowest BCUT2D eigenvalue weighted by atomic mass is 10.0. The minimum Gasteiger partial charge on any atom is -0.335 e. The average molecular weight is 365 g/mol. The Kier molecular flexibility index (Phi) is 3.78. The predicted molar refractivity (Wildman–Crippen MR) is 116 cm³/mol. The third-order valence-corrected chi connectivity index (χ3v) is 5.68. The number of nitrogens with zero attached hydrogens (tertiary/aromatic N) is 2. The molecule has 0 spiro atoms. The van der Waals surface area contributed by atoms with Gasteiger partial charge in [0.15, 0.2) is 0 Å². The van der Waals surface area contributed by atoms with Gasteiger partial charge in [0.05, 0.1) is 13.1 Å². The Hall–Kier alpha value is -3.26. The summed E-state index contributed by atoms with van der Waals surface area (Å²) in [5, 5.41) is 0. The minimum absolute atomic E-state index is 0.0833. The average Bonchev–Trinajstić information content (AvgIpc) is 3.26. The first kappa shape index (κ1) is 15.8. The molecule has 28 heavy (non-hydrogen) atoms. The van der Waals surface area contributed by atoms with Crippen LogP contribution in [0.5, 0.6) is 0 Å². The van der Waals surface area contributed by atoms with E-state index in [0.717, 1.165) is 11.3 Å². The Morgan fingerprint density at radius 3 is 2.04 bits per heavy atom. The lowest BCUT2D eigenvalue weighted by Crippen LogP contribution is -2.33. The van der Waals surface area contributed by atoms with Gasteiger partial charge in [-0.3, -0.25) is 0 Å². The molecule has 138 valence electrons. The molecule has 2 heteroatoms. The highest BCUT2D eigenvalue weighted by molar-refractivity contribution is 5.64. The first-order chi connectivity index (χ1) is 14.1. The fourth-order valence-electron chi connectivity index (χ4n) is 4.34. The smallest absolute Gasteiger partial charge is 0.133 e. The van der Waals surface area contributed by atoms with E-state index < -0.39 is 6.02 Å². The highest BCUT2D eigenvalue weighted by Gasteiger charge is 2.43. The van der Waals surface area contributed by atoms with Gasteiger partial charge in [-0.15, -0.1) is 0 Å². The van der Waals surface area contributed by atoms with Gasteiger partial charge >= 0.3 is 0 Å². The predicted octanol–water partition coefficient (Wildman–Crippen LogP) is 6.36. The monoisotopic (exact) mass is 365 g/mol. The normalized spacial score (nSPS) is 23.9. The maximum absolute atomic E-state index is 9.50. The van der Waals surface area contributed by atoms with Crippen molar-refractivity contribution in [2.75, 3.05) is 4.90 Å². The third kappa shape index (κ3) is 2.56. The molecule has 2 unspecified atom stereocenters. The van der Waals surface area contributed by atoms with E-state index in [0.29, 0.717) is 0 Å². The molecule has 0 bridgehead atoms. The van der Waals surface area contributed by atoms with Crippen molar-refractivity contribution in [1.29, 1.82) is 0 Å². The van der Waals surface area contributed by atoms with Crippen molar-refractivity contribution in [2.45, 2.75) is 26.0 Å². The fraction of sp³-hybridized carbons (Fsp3) is 0.154. The Labute approximate surface area is 168 Å². The van der Waals surface area contributed by atoms with Crippen LogP contribution in [0.1, 0.15) is 37.2 Å².